The summed E-state index contributed by atoms with van der Waals surface area (Å²) >= 11 is 0. The van der Waals surface area contributed by atoms with Crippen LogP contribution in [0.15, 0.2) is 18.3 Å². The van der Waals surface area contributed by atoms with Gasteiger partial charge in [0.1, 0.15) is 12.4 Å². The number of pyridine rings is 1. The Morgan fingerprint density at radius 3 is 2.26 bits per heavy atom. The first-order chi connectivity index (χ1) is 8.65. The largest absolute Gasteiger partial charge is 0.419 e. The van der Waals surface area contributed by atoms with Crippen LogP contribution < -0.4 is 10.6 Å². The molecule has 0 aliphatic carbocycles. The van der Waals surface area contributed by atoms with Gasteiger partial charge in [-0.2, -0.15) is 26.3 Å². The molecule has 0 atom stereocenters. The summed E-state index contributed by atoms with van der Waals surface area (Å²) in [5, 5.41) is 0. The molecule has 0 aromatic carbocycles. The molecular formula is C10H11F6N3. The van der Waals surface area contributed by atoms with Crippen LogP contribution in [0.5, 0.6) is 0 Å². The van der Waals surface area contributed by atoms with Gasteiger partial charge in [-0.15, -0.1) is 0 Å². The molecule has 1 aromatic rings. The van der Waals surface area contributed by atoms with E-state index in [0.29, 0.717) is 11.0 Å². The Labute approximate surface area is 105 Å². The van der Waals surface area contributed by atoms with Gasteiger partial charge in [0, 0.05) is 19.3 Å². The highest BCUT2D eigenvalue weighted by Crippen LogP contribution is 2.35. The fraction of sp³-hybridized carbons (Fsp3) is 0.500. The fourth-order valence-electron chi connectivity index (χ4n) is 1.50. The minimum atomic E-state index is -4.78. The topological polar surface area (TPSA) is 42.1 Å². The molecule has 0 amide bonds. The lowest BCUT2D eigenvalue weighted by Gasteiger charge is -2.26. The lowest BCUT2D eigenvalue weighted by Crippen LogP contribution is -2.39. The van der Waals surface area contributed by atoms with E-state index in [1.54, 1.807) is 0 Å². The fourth-order valence-corrected chi connectivity index (χ4v) is 1.50. The summed E-state index contributed by atoms with van der Waals surface area (Å²) in [6.45, 7) is -2.13. The quantitative estimate of drug-likeness (QED) is 0.865. The van der Waals surface area contributed by atoms with Crippen molar-refractivity contribution in [3.63, 3.8) is 0 Å². The van der Waals surface area contributed by atoms with Crippen LogP contribution in [0.1, 0.15) is 5.56 Å². The average Bonchev–Trinajstić information content (AvgIpc) is 2.25. The number of alkyl halides is 6. The van der Waals surface area contributed by atoms with Gasteiger partial charge in [0.2, 0.25) is 0 Å². The monoisotopic (exact) mass is 287 g/mol. The highest BCUT2D eigenvalue weighted by atomic mass is 19.4. The lowest BCUT2D eigenvalue weighted by molar-refractivity contribution is -0.138. The molecule has 0 unspecified atom stereocenters. The summed E-state index contributed by atoms with van der Waals surface area (Å²) in [5.74, 6) is -0.766. The molecule has 0 aliphatic rings. The molecule has 0 radical (unpaired) electrons. The van der Waals surface area contributed by atoms with Gasteiger partial charge in [0.15, 0.2) is 0 Å². The van der Waals surface area contributed by atoms with Crippen LogP contribution in [-0.2, 0) is 6.18 Å². The standard InChI is InChI=1S/C10H11F6N3/c11-9(12,13)6-19(5-3-17)8-7(10(14,15)16)2-1-4-18-8/h1-2,4H,3,5-6,17H2. The molecule has 1 aromatic heterocycles. The summed E-state index contributed by atoms with van der Waals surface area (Å²) in [4.78, 5) is 3.87. The SMILES string of the molecule is NCCN(CC(F)(F)F)c1ncccc1C(F)(F)F. The van der Waals surface area contributed by atoms with E-state index in [9.17, 15) is 26.3 Å². The van der Waals surface area contributed by atoms with Crippen molar-refractivity contribution in [1.82, 2.24) is 4.98 Å². The molecule has 0 spiro atoms. The Hall–Kier alpha value is -1.51. The van der Waals surface area contributed by atoms with E-state index >= 15 is 0 Å². The zero-order valence-corrected chi connectivity index (χ0v) is 9.59. The third-order valence-electron chi connectivity index (χ3n) is 2.16. The minimum absolute atomic E-state index is 0.218. The van der Waals surface area contributed by atoms with E-state index < -0.39 is 30.3 Å². The maximum Gasteiger partial charge on any atom is 0.419 e. The van der Waals surface area contributed by atoms with Gasteiger partial charge in [0.25, 0.3) is 0 Å². The average molecular weight is 287 g/mol. The van der Waals surface area contributed by atoms with Gasteiger partial charge < -0.3 is 10.6 Å². The van der Waals surface area contributed by atoms with Crippen molar-refractivity contribution in [1.29, 1.82) is 0 Å². The number of hydrogen-bond donors (Lipinski definition) is 1. The molecule has 3 nitrogen and oxygen atoms in total. The van der Waals surface area contributed by atoms with Crippen molar-refractivity contribution in [2.45, 2.75) is 12.4 Å². The number of aromatic nitrogens is 1. The molecule has 1 heterocycles. The van der Waals surface area contributed by atoms with Crippen LogP contribution in [0.4, 0.5) is 32.2 Å². The van der Waals surface area contributed by atoms with E-state index in [2.05, 4.69) is 4.98 Å². The molecule has 1 rings (SSSR count). The van der Waals surface area contributed by atoms with Gasteiger partial charge in [0.05, 0.1) is 5.56 Å². The molecule has 0 aliphatic heterocycles. The molecule has 0 saturated carbocycles. The number of rotatable bonds is 4. The maximum atomic E-state index is 12.7. The third-order valence-corrected chi connectivity index (χ3v) is 2.16. The van der Waals surface area contributed by atoms with E-state index in [-0.39, 0.29) is 13.1 Å². The number of halogens is 6. The summed E-state index contributed by atoms with van der Waals surface area (Å²) in [6.07, 6.45) is -8.41. The second-order valence-corrected chi connectivity index (χ2v) is 3.70. The Morgan fingerprint density at radius 1 is 1.16 bits per heavy atom. The molecule has 9 heteroatoms. The van der Waals surface area contributed by atoms with Crippen LogP contribution in [-0.4, -0.2) is 30.8 Å². The minimum Gasteiger partial charge on any atom is -0.346 e. The zero-order valence-electron chi connectivity index (χ0n) is 9.59. The number of nitrogens with two attached hydrogens (primary N) is 1. The second-order valence-electron chi connectivity index (χ2n) is 3.70. The molecule has 0 fully saturated rings. The van der Waals surface area contributed by atoms with Crippen LogP contribution in [0, 0.1) is 0 Å². The number of anilines is 1. The Morgan fingerprint density at radius 2 is 1.79 bits per heavy atom. The summed E-state index contributed by atoms with van der Waals surface area (Å²) in [5.41, 5.74) is 3.91. The van der Waals surface area contributed by atoms with Crippen molar-refractivity contribution in [3.05, 3.63) is 23.9 Å². The van der Waals surface area contributed by atoms with E-state index in [1.165, 1.54) is 0 Å². The summed E-state index contributed by atoms with van der Waals surface area (Å²) in [6, 6.07) is 1.70. The third kappa shape index (κ3) is 4.58. The van der Waals surface area contributed by atoms with Crippen molar-refractivity contribution in [2.75, 3.05) is 24.5 Å². The highest BCUT2D eigenvalue weighted by Gasteiger charge is 2.38. The van der Waals surface area contributed by atoms with Crippen molar-refractivity contribution in [2.24, 2.45) is 5.73 Å². The first kappa shape index (κ1) is 15.5. The lowest BCUT2D eigenvalue weighted by atomic mass is 10.2. The van der Waals surface area contributed by atoms with E-state index in [4.69, 9.17) is 5.73 Å². The molecule has 108 valence electrons. The normalized spacial score (nSPS) is 12.6. The predicted octanol–water partition coefficient (Wildman–Crippen LogP) is 2.43. The van der Waals surface area contributed by atoms with Gasteiger partial charge >= 0.3 is 12.4 Å². The summed E-state index contributed by atoms with van der Waals surface area (Å²) in [7, 11) is 0. The van der Waals surface area contributed by atoms with Gasteiger partial charge in [-0.25, -0.2) is 4.98 Å². The smallest absolute Gasteiger partial charge is 0.346 e. The highest BCUT2D eigenvalue weighted by molar-refractivity contribution is 5.48. The van der Waals surface area contributed by atoms with Gasteiger partial charge in [-0.05, 0) is 12.1 Å². The molecule has 0 bridgehead atoms. The van der Waals surface area contributed by atoms with E-state index in [0.717, 1.165) is 12.3 Å². The van der Waals surface area contributed by atoms with Crippen LogP contribution in [0.25, 0.3) is 0 Å². The first-order valence-corrected chi connectivity index (χ1v) is 5.19. The maximum absolute atomic E-state index is 12.7. The van der Waals surface area contributed by atoms with Gasteiger partial charge in [-0.1, -0.05) is 0 Å². The van der Waals surface area contributed by atoms with Crippen molar-refractivity contribution < 1.29 is 26.3 Å². The zero-order chi connectivity index (χ0) is 14.7. The Kier molecular flexibility index (Phi) is 4.61. The second kappa shape index (κ2) is 5.64. The first-order valence-electron chi connectivity index (χ1n) is 5.19. The Balaban J connectivity index is 3.16. The molecule has 19 heavy (non-hydrogen) atoms. The summed E-state index contributed by atoms with van der Waals surface area (Å²) < 4.78 is 75.2. The van der Waals surface area contributed by atoms with Crippen molar-refractivity contribution in [3.8, 4) is 0 Å². The van der Waals surface area contributed by atoms with Crippen LogP contribution in [0.3, 0.4) is 0 Å². The van der Waals surface area contributed by atoms with E-state index in [1.807, 2.05) is 0 Å². The predicted molar refractivity (Wildman–Crippen MR) is 56.6 cm³/mol. The van der Waals surface area contributed by atoms with Crippen molar-refractivity contribution >= 4 is 5.82 Å². The number of hydrogen-bond acceptors (Lipinski definition) is 3. The number of nitrogens with zero attached hydrogens (tertiary/aromatic N) is 2. The molecule has 0 saturated heterocycles. The molecule has 2 N–H and O–H groups in total. The van der Waals surface area contributed by atoms with Crippen LogP contribution >= 0.6 is 0 Å². The van der Waals surface area contributed by atoms with Crippen LogP contribution in [0.2, 0.25) is 0 Å². The Bertz CT molecular complexity index is 414. The van der Waals surface area contributed by atoms with Gasteiger partial charge in [-0.3, -0.25) is 0 Å². The molecular weight excluding hydrogens is 276 g/mol.